The zero-order valence-corrected chi connectivity index (χ0v) is 14.0. The lowest BCUT2D eigenvalue weighted by Gasteiger charge is -2.17. The van der Waals surface area contributed by atoms with E-state index in [1.54, 1.807) is 6.07 Å². The Morgan fingerprint density at radius 1 is 1.17 bits per heavy atom. The molecule has 8 heteroatoms. The lowest BCUT2D eigenvalue weighted by Crippen LogP contribution is -2.37. The van der Waals surface area contributed by atoms with Crippen LogP contribution < -0.4 is 9.62 Å². The minimum Gasteiger partial charge on any atom is -0.311 e. The number of rotatable bonds is 4. The van der Waals surface area contributed by atoms with Gasteiger partial charge in [0.1, 0.15) is 5.82 Å². The predicted octanol–water partition coefficient (Wildman–Crippen LogP) is 2.56. The van der Waals surface area contributed by atoms with E-state index in [0.29, 0.717) is 10.7 Å². The van der Waals surface area contributed by atoms with Gasteiger partial charge in [-0.1, -0.05) is 17.7 Å². The normalized spacial score (nSPS) is 18.2. The van der Waals surface area contributed by atoms with Gasteiger partial charge in [-0.2, -0.15) is 0 Å². The van der Waals surface area contributed by atoms with Crippen LogP contribution in [0.25, 0.3) is 0 Å². The topological polar surface area (TPSA) is 66.5 Å². The lowest BCUT2D eigenvalue weighted by atomic mass is 10.3. The van der Waals surface area contributed by atoms with E-state index in [4.69, 9.17) is 11.6 Å². The first-order valence-electron chi connectivity index (χ1n) is 7.19. The largest absolute Gasteiger partial charge is 0.311 e. The van der Waals surface area contributed by atoms with Crippen LogP contribution in [0.5, 0.6) is 0 Å². The summed E-state index contributed by atoms with van der Waals surface area (Å²) in [7, 11) is -3.76. The van der Waals surface area contributed by atoms with Gasteiger partial charge in [-0.15, -0.1) is 0 Å². The molecule has 1 aliphatic heterocycles. The zero-order chi connectivity index (χ0) is 17.3. The summed E-state index contributed by atoms with van der Waals surface area (Å²) >= 11 is 5.75. The van der Waals surface area contributed by atoms with Crippen molar-refractivity contribution >= 4 is 33.2 Å². The number of nitrogens with zero attached hydrogens (tertiary/aromatic N) is 1. The number of carbonyl (C=O) groups is 1. The van der Waals surface area contributed by atoms with Crippen molar-refractivity contribution < 1.29 is 17.6 Å². The Morgan fingerprint density at radius 3 is 2.54 bits per heavy atom. The number of halogens is 2. The summed E-state index contributed by atoms with van der Waals surface area (Å²) < 4.78 is 40.5. The first-order valence-corrected chi connectivity index (χ1v) is 9.05. The number of hydrogen-bond acceptors (Lipinski definition) is 3. The fourth-order valence-electron chi connectivity index (χ4n) is 2.58. The maximum absolute atomic E-state index is 13.3. The van der Waals surface area contributed by atoms with Crippen molar-refractivity contribution in [3.05, 3.63) is 59.4 Å². The van der Waals surface area contributed by atoms with Crippen LogP contribution in [0.15, 0.2) is 53.4 Å². The van der Waals surface area contributed by atoms with Crippen molar-refractivity contribution in [3.8, 4) is 0 Å². The van der Waals surface area contributed by atoms with Crippen molar-refractivity contribution in [2.45, 2.75) is 17.4 Å². The van der Waals surface area contributed by atoms with E-state index in [-0.39, 0.29) is 23.8 Å². The van der Waals surface area contributed by atoms with Crippen LogP contribution in [-0.4, -0.2) is 26.9 Å². The van der Waals surface area contributed by atoms with Crippen LogP contribution >= 0.6 is 11.6 Å². The molecule has 1 amide bonds. The monoisotopic (exact) mass is 368 g/mol. The summed E-state index contributed by atoms with van der Waals surface area (Å²) in [5.41, 5.74) is 0.410. The summed E-state index contributed by atoms with van der Waals surface area (Å²) in [5.74, 6) is -0.713. The van der Waals surface area contributed by atoms with E-state index in [9.17, 15) is 17.6 Å². The zero-order valence-electron chi connectivity index (χ0n) is 12.4. The Balaban J connectivity index is 1.75. The van der Waals surface area contributed by atoms with E-state index in [1.807, 2.05) is 0 Å². The highest BCUT2D eigenvalue weighted by molar-refractivity contribution is 7.89. The fraction of sp³-hybridized carbons (Fsp3) is 0.188. The maximum Gasteiger partial charge on any atom is 0.240 e. The van der Waals surface area contributed by atoms with E-state index in [1.165, 1.54) is 47.4 Å². The third-order valence-electron chi connectivity index (χ3n) is 3.69. The second-order valence-electron chi connectivity index (χ2n) is 5.46. The van der Waals surface area contributed by atoms with Crippen molar-refractivity contribution in [1.82, 2.24) is 4.72 Å². The summed E-state index contributed by atoms with van der Waals surface area (Å²) in [6.07, 6.45) is 0.0172. The van der Waals surface area contributed by atoms with Crippen LogP contribution in [0.3, 0.4) is 0 Å². The third kappa shape index (κ3) is 3.58. The molecular weight excluding hydrogens is 355 g/mol. The van der Waals surface area contributed by atoms with Gasteiger partial charge in [-0.25, -0.2) is 17.5 Å². The molecule has 0 spiro atoms. The average molecular weight is 369 g/mol. The molecule has 1 N–H and O–H groups in total. The molecule has 24 heavy (non-hydrogen) atoms. The van der Waals surface area contributed by atoms with Crippen LogP contribution in [0.1, 0.15) is 6.42 Å². The third-order valence-corrected chi connectivity index (χ3v) is 5.48. The summed E-state index contributed by atoms with van der Waals surface area (Å²) in [6.45, 7) is 0.148. The minimum absolute atomic E-state index is 0.0172. The van der Waals surface area contributed by atoms with E-state index >= 15 is 0 Å². The van der Waals surface area contributed by atoms with Gasteiger partial charge < -0.3 is 4.90 Å². The molecule has 3 rings (SSSR count). The molecule has 0 radical (unpaired) electrons. The Hall–Kier alpha value is -1.96. The van der Waals surface area contributed by atoms with Gasteiger partial charge in [0.15, 0.2) is 0 Å². The minimum atomic E-state index is -3.76. The van der Waals surface area contributed by atoms with Gasteiger partial charge in [-0.05, 0) is 42.5 Å². The number of sulfonamides is 1. The van der Waals surface area contributed by atoms with Crippen molar-refractivity contribution in [3.63, 3.8) is 0 Å². The molecule has 1 aliphatic rings. The maximum atomic E-state index is 13.3. The van der Waals surface area contributed by atoms with Gasteiger partial charge in [0.25, 0.3) is 0 Å². The molecule has 1 fully saturated rings. The molecule has 0 saturated carbocycles. The van der Waals surface area contributed by atoms with Crippen molar-refractivity contribution in [1.29, 1.82) is 0 Å². The number of nitrogens with one attached hydrogen (secondary N) is 1. The molecule has 1 heterocycles. The van der Waals surface area contributed by atoms with Gasteiger partial charge >= 0.3 is 0 Å². The fourth-order valence-corrected chi connectivity index (χ4v) is 3.93. The highest BCUT2D eigenvalue weighted by Gasteiger charge is 2.33. The average Bonchev–Trinajstić information content (AvgIpc) is 2.87. The second kappa shape index (κ2) is 6.51. The molecule has 0 aromatic heterocycles. The van der Waals surface area contributed by atoms with Gasteiger partial charge in [0, 0.05) is 29.7 Å². The lowest BCUT2D eigenvalue weighted by molar-refractivity contribution is -0.117. The number of anilines is 1. The second-order valence-corrected chi connectivity index (χ2v) is 7.61. The molecule has 2 aromatic carbocycles. The molecule has 0 aliphatic carbocycles. The first kappa shape index (κ1) is 16.9. The van der Waals surface area contributed by atoms with Crippen LogP contribution in [0.4, 0.5) is 10.1 Å². The molecule has 126 valence electrons. The molecule has 0 unspecified atom stereocenters. The smallest absolute Gasteiger partial charge is 0.240 e. The Kier molecular flexibility index (Phi) is 4.58. The first-order chi connectivity index (χ1) is 11.3. The van der Waals surface area contributed by atoms with Crippen LogP contribution in [0, 0.1) is 5.82 Å². The van der Waals surface area contributed by atoms with E-state index in [0.717, 1.165) is 0 Å². The highest BCUT2D eigenvalue weighted by atomic mass is 35.5. The highest BCUT2D eigenvalue weighted by Crippen LogP contribution is 2.23. The van der Waals surface area contributed by atoms with E-state index < -0.39 is 21.9 Å². The Bertz CT molecular complexity index is 871. The number of carbonyl (C=O) groups excluding carboxylic acids is 1. The van der Waals surface area contributed by atoms with E-state index in [2.05, 4.69) is 4.72 Å². The summed E-state index contributed by atoms with van der Waals surface area (Å²) in [4.78, 5) is 13.6. The number of benzene rings is 2. The summed E-state index contributed by atoms with van der Waals surface area (Å²) in [5, 5.41) is 0.433. The number of amides is 1. The number of hydrogen-bond donors (Lipinski definition) is 1. The molecule has 1 saturated heterocycles. The van der Waals surface area contributed by atoms with Gasteiger partial charge in [0.05, 0.1) is 4.90 Å². The molecule has 2 aromatic rings. The molecule has 5 nitrogen and oxygen atoms in total. The summed E-state index contributed by atoms with van der Waals surface area (Å²) in [6, 6.07) is 10.8. The standard InChI is InChI=1S/C16H14ClFN2O3S/c17-11-4-6-15(7-5-11)24(22,23)19-13-9-16(21)20(10-13)14-3-1-2-12(18)8-14/h1-8,13,19H,9-10H2/t13-/m1/s1. The van der Waals surface area contributed by atoms with Gasteiger partial charge in [0.2, 0.25) is 15.9 Å². The predicted molar refractivity (Wildman–Crippen MR) is 88.9 cm³/mol. The van der Waals surface area contributed by atoms with Crippen LogP contribution in [-0.2, 0) is 14.8 Å². The molecular formula is C16H14ClFN2O3S. The quantitative estimate of drug-likeness (QED) is 0.902. The van der Waals surface area contributed by atoms with Crippen LogP contribution in [0.2, 0.25) is 5.02 Å². The molecule has 0 bridgehead atoms. The van der Waals surface area contributed by atoms with Gasteiger partial charge in [-0.3, -0.25) is 4.79 Å². The SMILES string of the molecule is O=C1C[C@@H](NS(=O)(=O)c2ccc(Cl)cc2)CN1c1cccc(F)c1. The molecule has 1 atom stereocenters. The van der Waals surface area contributed by atoms with Crippen molar-refractivity contribution in [2.24, 2.45) is 0 Å². The Morgan fingerprint density at radius 2 is 1.88 bits per heavy atom. The van der Waals surface area contributed by atoms with Crippen molar-refractivity contribution in [2.75, 3.05) is 11.4 Å². The Labute approximate surface area is 144 Å².